The lowest BCUT2D eigenvalue weighted by Crippen LogP contribution is -2.29. The van der Waals surface area contributed by atoms with Gasteiger partial charge in [-0.05, 0) is 6.92 Å². The van der Waals surface area contributed by atoms with Crippen LogP contribution < -0.4 is 0 Å². The fourth-order valence-corrected chi connectivity index (χ4v) is 0.527. The first-order valence-electron chi connectivity index (χ1n) is 3.38. The molecular weight excluding hydrogens is 164 g/mol. The lowest BCUT2D eigenvalue weighted by Gasteiger charge is -2.08. The maximum Gasteiger partial charge on any atom is 0.328 e. The maximum absolute atomic E-state index is 10.7. The number of hydrogen-bond donors (Lipinski definition) is 0. The summed E-state index contributed by atoms with van der Waals surface area (Å²) >= 11 is 0. The molecule has 0 aliphatic rings. The average Bonchev–Trinajstić information content (AvgIpc) is 2.00. The largest absolute Gasteiger partial charge is 0.465 e. The quantitative estimate of drug-likeness (QED) is 0.343. The number of carbonyl (C=O) groups excluding carboxylic acids is 2. The number of hydrogen-bond acceptors (Lipinski definition) is 5. The smallest absolute Gasteiger partial charge is 0.328 e. The van der Waals surface area contributed by atoms with Gasteiger partial charge in [0.05, 0.1) is 11.9 Å². The standard InChI is InChI=1S/C6H10N2O4/c1-3-12-6(10)4-8(7-11)5(2)9/h3-4H2,1-2H3. The molecule has 6 nitrogen and oxygen atoms in total. The monoisotopic (exact) mass is 174 g/mol. The maximum atomic E-state index is 10.7. The molecule has 1 amide bonds. The van der Waals surface area contributed by atoms with E-state index in [-0.39, 0.29) is 6.61 Å². The molecule has 0 N–H and O–H groups in total. The average molecular weight is 174 g/mol. The summed E-state index contributed by atoms with van der Waals surface area (Å²) in [7, 11) is 0. The van der Waals surface area contributed by atoms with Crippen LogP contribution in [0, 0.1) is 4.91 Å². The Bertz CT molecular complexity index is 192. The summed E-state index contributed by atoms with van der Waals surface area (Å²) < 4.78 is 4.49. The lowest BCUT2D eigenvalue weighted by atomic mass is 10.5. The van der Waals surface area contributed by atoms with Gasteiger partial charge in [-0.2, -0.15) is 5.01 Å². The molecule has 6 heteroatoms. The van der Waals surface area contributed by atoms with Crippen molar-refractivity contribution in [1.82, 2.24) is 5.01 Å². The van der Waals surface area contributed by atoms with Gasteiger partial charge in [0, 0.05) is 6.92 Å². The fourth-order valence-electron chi connectivity index (χ4n) is 0.527. The van der Waals surface area contributed by atoms with Crippen molar-refractivity contribution in [3.05, 3.63) is 4.91 Å². The zero-order chi connectivity index (χ0) is 9.56. The Kier molecular flexibility index (Phi) is 4.59. The van der Waals surface area contributed by atoms with Crippen LogP contribution in [0.1, 0.15) is 13.8 Å². The summed E-state index contributed by atoms with van der Waals surface area (Å²) in [6.07, 6.45) is 0. The molecule has 0 saturated heterocycles. The first kappa shape index (κ1) is 10.5. The first-order valence-corrected chi connectivity index (χ1v) is 3.38. The van der Waals surface area contributed by atoms with Crippen molar-refractivity contribution in [2.75, 3.05) is 13.2 Å². The van der Waals surface area contributed by atoms with Gasteiger partial charge in [0.15, 0.2) is 0 Å². The van der Waals surface area contributed by atoms with Gasteiger partial charge in [-0.3, -0.25) is 9.59 Å². The molecule has 0 aromatic heterocycles. The van der Waals surface area contributed by atoms with Crippen molar-refractivity contribution in [3.63, 3.8) is 0 Å². The van der Waals surface area contributed by atoms with Crippen LogP contribution in [-0.2, 0) is 14.3 Å². The van der Waals surface area contributed by atoms with Gasteiger partial charge in [0.1, 0.15) is 6.54 Å². The van der Waals surface area contributed by atoms with Crippen LogP contribution in [0.5, 0.6) is 0 Å². The van der Waals surface area contributed by atoms with Crippen molar-refractivity contribution in [2.24, 2.45) is 5.29 Å². The summed E-state index contributed by atoms with van der Waals surface area (Å²) in [5.74, 6) is -1.23. The Morgan fingerprint density at radius 2 is 2.08 bits per heavy atom. The van der Waals surface area contributed by atoms with E-state index < -0.39 is 18.4 Å². The number of carbonyl (C=O) groups is 2. The SMILES string of the molecule is CCOC(=O)CN(N=O)C(C)=O. The van der Waals surface area contributed by atoms with E-state index in [1.54, 1.807) is 6.92 Å². The molecule has 0 unspecified atom stereocenters. The van der Waals surface area contributed by atoms with E-state index in [0.717, 1.165) is 6.92 Å². The second-order valence-corrected chi connectivity index (χ2v) is 1.96. The first-order chi connectivity index (χ1) is 5.61. The third kappa shape index (κ3) is 3.65. The predicted octanol–water partition coefficient (Wildman–Crippen LogP) is 0.0794. The molecule has 12 heavy (non-hydrogen) atoms. The number of rotatable bonds is 4. The van der Waals surface area contributed by atoms with Crippen LogP contribution >= 0.6 is 0 Å². The second-order valence-electron chi connectivity index (χ2n) is 1.96. The molecule has 0 rings (SSSR count). The Balaban J connectivity index is 3.94. The van der Waals surface area contributed by atoms with E-state index >= 15 is 0 Å². The number of nitrogens with zero attached hydrogens (tertiary/aromatic N) is 2. The van der Waals surface area contributed by atoms with Crippen molar-refractivity contribution in [3.8, 4) is 0 Å². The number of nitroso groups, excluding NO2 is 1. The van der Waals surface area contributed by atoms with Crippen molar-refractivity contribution in [2.45, 2.75) is 13.8 Å². The molecule has 0 aliphatic heterocycles. The minimum absolute atomic E-state index is 0.212. The zero-order valence-electron chi connectivity index (χ0n) is 6.94. The lowest BCUT2D eigenvalue weighted by molar-refractivity contribution is -0.148. The van der Waals surface area contributed by atoms with Crippen molar-refractivity contribution in [1.29, 1.82) is 0 Å². The van der Waals surface area contributed by atoms with Crippen LogP contribution in [-0.4, -0.2) is 30.0 Å². The molecule has 0 radical (unpaired) electrons. The van der Waals surface area contributed by atoms with Gasteiger partial charge in [0.25, 0.3) is 0 Å². The Hall–Kier alpha value is -1.46. The van der Waals surface area contributed by atoms with Crippen molar-refractivity contribution >= 4 is 11.9 Å². The van der Waals surface area contributed by atoms with Gasteiger partial charge in [-0.25, -0.2) is 0 Å². The molecule has 0 heterocycles. The molecule has 0 fully saturated rings. The van der Waals surface area contributed by atoms with E-state index in [0.29, 0.717) is 5.01 Å². The van der Waals surface area contributed by atoms with E-state index in [1.807, 2.05) is 0 Å². The van der Waals surface area contributed by atoms with Gasteiger partial charge >= 0.3 is 5.97 Å². The minimum atomic E-state index is -0.646. The topological polar surface area (TPSA) is 76.0 Å². The predicted molar refractivity (Wildman–Crippen MR) is 39.8 cm³/mol. The fraction of sp³-hybridized carbons (Fsp3) is 0.667. The van der Waals surface area contributed by atoms with Gasteiger partial charge < -0.3 is 4.74 Å². The van der Waals surface area contributed by atoms with E-state index in [1.165, 1.54) is 0 Å². The molecule has 0 aliphatic carbocycles. The van der Waals surface area contributed by atoms with Crippen LogP contribution in [0.2, 0.25) is 0 Å². The van der Waals surface area contributed by atoms with E-state index in [9.17, 15) is 14.5 Å². The van der Waals surface area contributed by atoms with Crippen molar-refractivity contribution < 1.29 is 14.3 Å². The minimum Gasteiger partial charge on any atom is -0.465 e. The van der Waals surface area contributed by atoms with Crippen LogP contribution in [0.4, 0.5) is 0 Å². The summed E-state index contributed by atoms with van der Waals surface area (Å²) in [5.41, 5.74) is 0. The Labute approximate surface area is 69.4 Å². The van der Waals surface area contributed by atoms with Crippen LogP contribution in [0.15, 0.2) is 5.29 Å². The summed E-state index contributed by atoms with van der Waals surface area (Å²) in [5, 5.41) is 2.84. The number of amides is 1. The molecule has 0 aromatic rings. The highest BCUT2D eigenvalue weighted by Gasteiger charge is 2.13. The normalized spacial score (nSPS) is 8.83. The van der Waals surface area contributed by atoms with Crippen LogP contribution in [0.3, 0.4) is 0 Å². The highest BCUT2D eigenvalue weighted by Crippen LogP contribution is 1.91. The third-order valence-corrected chi connectivity index (χ3v) is 1.05. The molecule has 0 saturated carbocycles. The number of esters is 1. The van der Waals surface area contributed by atoms with E-state index in [4.69, 9.17) is 0 Å². The van der Waals surface area contributed by atoms with Crippen LogP contribution in [0.25, 0.3) is 0 Å². The second kappa shape index (κ2) is 5.22. The Morgan fingerprint density at radius 1 is 1.50 bits per heavy atom. The summed E-state index contributed by atoms with van der Waals surface area (Å²) in [6.45, 7) is 2.56. The van der Waals surface area contributed by atoms with E-state index in [2.05, 4.69) is 10.0 Å². The Morgan fingerprint density at radius 3 is 2.42 bits per heavy atom. The molecule has 0 aromatic carbocycles. The number of ether oxygens (including phenoxy) is 1. The highest BCUT2D eigenvalue weighted by atomic mass is 16.5. The third-order valence-electron chi connectivity index (χ3n) is 1.05. The molecule has 0 atom stereocenters. The van der Waals surface area contributed by atoms with Gasteiger partial charge in [0.2, 0.25) is 5.91 Å². The molecule has 0 bridgehead atoms. The molecular formula is C6H10N2O4. The zero-order valence-corrected chi connectivity index (χ0v) is 6.94. The molecule has 0 spiro atoms. The summed E-state index contributed by atoms with van der Waals surface area (Å²) in [6, 6.07) is 0. The van der Waals surface area contributed by atoms with Gasteiger partial charge in [-0.15, -0.1) is 4.91 Å². The summed E-state index contributed by atoms with van der Waals surface area (Å²) in [4.78, 5) is 31.2. The molecule has 68 valence electrons. The highest BCUT2D eigenvalue weighted by molar-refractivity contribution is 5.80. The van der Waals surface area contributed by atoms with Gasteiger partial charge in [-0.1, -0.05) is 0 Å².